The maximum Gasteiger partial charge on any atom is 0.310 e. The number of carbonyl (C=O) groups is 2. The molecule has 5 nitrogen and oxygen atoms in total. The molecule has 110 valence electrons. The molecule has 20 heavy (non-hydrogen) atoms. The lowest BCUT2D eigenvalue weighted by atomic mass is 9.87. The number of amides is 1. The van der Waals surface area contributed by atoms with Gasteiger partial charge in [-0.25, -0.2) is 0 Å². The highest BCUT2D eigenvalue weighted by molar-refractivity contribution is 6.01. The number of unbranched alkanes of at least 4 members (excludes halogenated alkanes) is 1. The molecule has 1 unspecified atom stereocenters. The van der Waals surface area contributed by atoms with E-state index in [9.17, 15) is 14.7 Å². The quantitative estimate of drug-likeness (QED) is 0.665. The minimum absolute atomic E-state index is 0.160. The van der Waals surface area contributed by atoms with Gasteiger partial charge in [0.1, 0.15) is 0 Å². The lowest BCUT2D eigenvalue weighted by molar-refractivity contribution is -0.139. The van der Waals surface area contributed by atoms with Gasteiger partial charge in [-0.1, -0.05) is 38.8 Å². The third-order valence-corrected chi connectivity index (χ3v) is 3.52. The molecule has 0 aliphatic heterocycles. The van der Waals surface area contributed by atoms with E-state index in [0.29, 0.717) is 24.1 Å². The molecule has 1 rings (SSSR count). The topological polar surface area (TPSA) is 106 Å². The number of carbonyl (C=O) groups excluding carboxylic acids is 1. The number of anilines is 1. The van der Waals surface area contributed by atoms with E-state index in [1.165, 1.54) is 0 Å². The van der Waals surface area contributed by atoms with Gasteiger partial charge in [-0.05, 0) is 24.0 Å². The third-order valence-electron chi connectivity index (χ3n) is 3.52. The van der Waals surface area contributed by atoms with Crippen LogP contribution in [-0.2, 0) is 11.2 Å². The Morgan fingerprint density at radius 1 is 1.30 bits per heavy atom. The molecule has 0 saturated heterocycles. The van der Waals surface area contributed by atoms with Crippen molar-refractivity contribution in [2.45, 2.75) is 45.4 Å². The summed E-state index contributed by atoms with van der Waals surface area (Å²) in [6, 6.07) is 3.45. The van der Waals surface area contributed by atoms with Gasteiger partial charge in [0.05, 0.1) is 11.5 Å². The van der Waals surface area contributed by atoms with Crippen molar-refractivity contribution in [2.75, 3.05) is 5.73 Å². The summed E-state index contributed by atoms with van der Waals surface area (Å²) < 4.78 is 0. The number of aryl methyl sites for hydroxylation is 1. The van der Waals surface area contributed by atoms with E-state index in [0.717, 1.165) is 18.4 Å². The predicted molar refractivity (Wildman–Crippen MR) is 78.7 cm³/mol. The first-order valence-corrected chi connectivity index (χ1v) is 6.87. The van der Waals surface area contributed by atoms with E-state index < -0.39 is 17.8 Å². The molecule has 1 aromatic rings. The molecule has 0 saturated carbocycles. The zero-order valence-corrected chi connectivity index (χ0v) is 12.0. The van der Waals surface area contributed by atoms with Gasteiger partial charge < -0.3 is 16.6 Å². The van der Waals surface area contributed by atoms with E-state index in [1.807, 2.05) is 13.8 Å². The van der Waals surface area contributed by atoms with Gasteiger partial charge >= 0.3 is 5.97 Å². The number of primary amides is 1. The number of nitrogens with two attached hydrogens (primary N) is 2. The zero-order valence-electron chi connectivity index (χ0n) is 12.0. The first-order valence-electron chi connectivity index (χ1n) is 6.87. The lowest BCUT2D eigenvalue weighted by Crippen LogP contribution is -2.22. The Bertz CT molecular complexity index is 512. The molecule has 0 heterocycles. The van der Waals surface area contributed by atoms with Gasteiger partial charge in [0, 0.05) is 5.69 Å². The van der Waals surface area contributed by atoms with Crippen molar-refractivity contribution >= 4 is 17.6 Å². The van der Waals surface area contributed by atoms with Crippen LogP contribution in [0.5, 0.6) is 0 Å². The summed E-state index contributed by atoms with van der Waals surface area (Å²) in [6.07, 6.45) is 2.79. The van der Waals surface area contributed by atoms with Crippen LogP contribution in [0.1, 0.15) is 60.5 Å². The van der Waals surface area contributed by atoms with Crippen LogP contribution >= 0.6 is 0 Å². The molecule has 0 fully saturated rings. The smallest absolute Gasteiger partial charge is 0.310 e. The highest BCUT2D eigenvalue weighted by Crippen LogP contribution is 2.31. The molecular formula is C15H22N2O3. The van der Waals surface area contributed by atoms with Crippen molar-refractivity contribution in [2.24, 2.45) is 5.73 Å². The van der Waals surface area contributed by atoms with Crippen LogP contribution in [0.4, 0.5) is 5.69 Å². The van der Waals surface area contributed by atoms with Gasteiger partial charge in [0.15, 0.2) is 0 Å². The fraction of sp³-hybridized carbons (Fsp3) is 0.467. The van der Waals surface area contributed by atoms with Crippen molar-refractivity contribution in [3.05, 3.63) is 28.8 Å². The maximum atomic E-state index is 11.7. The number of benzene rings is 1. The van der Waals surface area contributed by atoms with Crippen LogP contribution in [0, 0.1) is 0 Å². The maximum absolute atomic E-state index is 11.7. The van der Waals surface area contributed by atoms with Crippen LogP contribution in [0.25, 0.3) is 0 Å². The molecule has 1 amide bonds. The SMILES string of the molecule is CCCCC(C(=O)O)c1ccc(CC)c(N)c1C(N)=O. The molecule has 5 N–H and O–H groups in total. The number of nitrogen functional groups attached to an aromatic ring is 1. The fourth-order valence-electron chi connectivity index (χ4n) is 2.37. The molecular weight excluding hydrogens is 256 g/mol. The van der Waals surface area contributed by atoms with Crippen LogP contribution in [-0.4, -0.2) is 17.0 Å². The molecule has 1 atom stereocenters. The van der Waals surface area contributed by atoms with Crippen LogP contribution in [0.3, 0.4) is 0 Å². The van der Waals surface area contributed by atoms with Gasteiger partial charge in [-0.3, -0.25) is 9.59 Å². The van der Waals surface area contributed by atoms with Crippen LogP contribution in [0.15, 0.2) is 12.1 Å². The molecule has 0 radical (unpaired) electrons. The average Bonchev–Trinajstić information content (AvgIpc) is 2.38. The Labute approximate surface area is 119 Å². The first-order chi connectivity index (χ1) is 9.43. The fourth-order valence-corrected chi connectivity index (χ4v) is 2.37. The van der Waals surface area contributed by atoms with Crippen molar-refractivity contribution in [3.63, 3.8) is 0 Å². The Morgan fingerprint density at radius 3 is 2.40 bits per heavy atom. The lowest BCUT2D eigenvalue weighted by Gasteiger charge is -2.18. The van der Waals surface area contributed by atoms with E-state index in [-0.39, 0.29) is 5.56 Å². The van der Waals surface area contributed by atoms with Crippen molar-refractivity contribution < 1.29 is 14.7 Å². The minimum atomic E-state index is -0.954. The summed E-state index contributed by atoms with van der Waals surface area (Å²) in [5.74, 6) is -2.37. The van der Waals surface area contributed by atoms with E-state index in [1.54, 1.807) is 12.1 Å². The molecule has 0 aromatic heterocycles. The summed E-state index contributed by atoms with van der Waals surface area (Å²) in [6.45, 7) is 3.91. The molecule has 0 bridgehead atoms. The molecule has 0 aliphatic carbocycles. The Hall–Kier alpha value is -2.04. The standard InChI is InChI=1S/C15H22N2O3/c1-3-5-6-11(15(19)20)10-8-7-9(4-2)13(16)12(10)14(17)18/h7-8,11H,3-6,16H2,1-2H3,(H2,17,18)(H,19,20). The van der Waals surface area contributed by atoms with Crippen LogP contribution in [0.2, 0.25) is 0 Å². The second-order valence-corrected chi connectivity index (χ2v) is 4.85. The largest absolute Gasteiger partial charge is 0.481 e. The predicted octanol–water partition coefficient (Wildman–Crippen LogP) is 2.29. The second-order valence-electron chi connectivity index (χ2n) is 4.85. The number of aliphatic carboxylic acids is 1. The Balaban J connectivity index is 3.37. The summed E-state index contributed by atoms with van der Waals surface area (Å²) >= 11 is 0. The normalized spacial score (nSPS) is 12.1. The monoisotopic (exact) mass is 278 g/mol. The Morgan fingerprint density at radius 2 is 1.95 bits per heavy atom. The van der Waals surface area contributed by atoms with Gasteiger partial charge in [-0.15, -0.1) is 0 Å². The van der Waals surface area contributed by atoms with E-state index >= 15 is 0 Å². The highest BCUT2D eigenvalue weighted by Gasteiger charge is 2.26. The van der Waals surface area contributed by atoms with Gasteiger partial charge in [0.2, 0.25) is 0 Å². The number of hydrogen-bond donors (Lipinski definition) is 3. The second kappa shape index (κ2) is 6.93. The van der Waals surface area contributed by atoms with Gasteiger partial charge in [-0.2, -0.15) is 0 Å². The Kier molecular flexibility index (Phi) is 5.55. The van der Waals surface area contributed by atoms with Gasteiger partial charge in [0.25, 0.3) is 5.91 Å². The van der Waals surface area contributed by atoms with E-state index in [4.69, 9.17) is 11.5 Å². The summed E-state index contributed by atoms with van der Waals surface area (Å²) in [7, 11) is 0. The molecule has 5 heteroatoms. The first kappa shape index (κ1) is 16.0. The van der Waals surface area contributed by atoms with Crippen molar-refractivity contribution in [1.29, 1.82) is 0 Å². The highest BCUT2D eigenvalue weighted by atomic mass is 16.4. The number of carboxylic acid groups (broad SMARTS) is 1. The van der Waals surface area contributed by atoms with Crippen molar-refractivity contribution in [1.82, 2.24) is 0 Å². The summed E-state index contributed by atoms with van der Waals surface area (Å²) in [4.78, 5) is 23.1. The number of rotatable bonds is 7. The summed E-state index contributed by atoms with van der Waals surface area (Å²) in [5.41, 5.74) is 13.1. The zero-order chi connectivity index (χ0) is 15.3. The van der Waals surface area contributed by atoms with E-state index in [2.05, 4.69) is 0 Å². The molecule has 0 spiro atoms. The number of hydrogen-bond acceptors (Lipinski definition) is 3. The van der Waals surface area contributed by atoms with Crippen molar-refractivity contribution in [3.8, 4) is 0 Å². The minimum Gasteiger partial charge on any atom is -0.481 e. The molecule has 1 aromatic carbocycles. The average molecular weight is 278 g/mol. The van der Waals surface area contributed by atoms with Crippen LogP contribution < -0.4 is 11.5 Å². The third kappa shape index (κ3) is 3.29. The molecule has 0 aliphatic rings. The summed E-state index contributed by atoms with van der Waals surface area (Å²) in [5, 5.41) is 9.38. The number of carboxylic acids is 1.